The van der Waals surface area contributed by atoms with E-state index in [1.165, 1.54) is 83.1 Å². The molecule has 2 heteroatoms. The number of para-hydroxylation sites is 3. The number of nitrogens with zero attached hydrogens (tertiary/aromatic N) is 2. The SMILES string of the molecule is c1ccc(-c2cccc(N(c3ccc(-c4ccc(-c5ccccc5-n5c6ccccc6c6ccccc65)cc4)cc3)c3cccc(-c4ccccc4-c4ccccc4)c3)c2)cc1. The third-order valence-corrected chi connectivity index (χ3v) is 12.0. The number of rotatable bonds is 9. The molecule has 1 heterocycles. The summed E-state index contributed by atoms with van der Waals surface area (Å²) in [5.74, 6) is 0. The van der Waals surface area contributed by atoms with Crippen molar-refractivity contribution in [3.63, 3.8) is 0 Å². The van der Waals surface area contributed by atoms with Crippen molar-refractivity contribution in [2.45, 2.75) is 0 Å². The van der Waals surface area contributed by atoms with E-state index in [4.69, 9.17) is 0 Å². The molecule has 0 atom stereocenters. The lowest BCUT2D eigenvalue weighted by Gasteiger charge is -2.27. The van der Waals surface area contributed by atoms with Gasteiger partial charge in [0.05, 0.1) is 16.7 Å². The Morgan fingerprint density at radius 1 is 0.242 bits per heavy atom. The third kappa shape index (κ3) is 6.84. The van der Waals surface area contributed by atoms with E-state index in [1.54, 1.807) is 0 Å². The van der Waals surface area contributed by atoms with Gasteiger partial charge < -0.3 is 9.47 Å². The Kier molecular flexibility index (Phi) is 9.57. The van der Waals surface area contributed by atoms with Crippen molar-refractivity contribution in [2.24, 2.45) is 0 Å². The van der Waals surface area contributed by atoms with E-state index in [2.05, 4.69) is 264 Å². The number of fused-ring (bicyclic) bond motifs is 3. The Morgan fingerprint density at radius 3 is 1.27 bits per heavy atom. The second-order valence-corrected chi connectivity index (χ2v) is 15.7. The van der Waals surface area contributed by atoms with Crippen LogP contribution in [0.15, 0.2) is 255 Å². The standard InChI is InChI=1S/C60H42N2/c1-3-17-43(18-4-1)48-21-15-23-51(41-48)61(52-24-16-22-49(42-52)54-26-8-7-25-53(54)46-19-5-2-6-20-46)50-39-37-45(38-40-50)44-33-35-47(36-34-44)55-27-9-12-30-58(55)62-59-31-13-10-28-56(59)57-29-11-14-32-60(57)62/h1-42H. The summed E-state index contributed by atoms with van der Waals surface area (Å²) >= 11 is 0. The Bertz CT molecular complexity index is 3270. The summed E-state index contributed by atoms with van der Waals surface area (Å²) in [6.45, 7) is 0. The number of aromatic nitrogens is 1. The molecule has 0 aliphatic heterocycles. The predicted molar refractivity (Wildman–Crippen MR) is 263 cm³/mol. The van der Waals surface area contributed by atoms with Crippen molar-refractivity contribution in [2.75, 3.05) is 4.90 Å². The van der Waals surface area contributed by atoms with Crippen LogP contribution in [0.1, 0.15) is 0 Å². The molecule has 62 heavy (non-hydrogen) atoms. The van der Waals surface area contributed by atoms with Crippen LogP contribution in [0.3, 0.4) is 0 Å². The monoisotopic (exact) mass is 790 g/mol. The van der Waals surface area contributed by atoms with E-state index in [0.29, 0.717) is 0 Å². The van der Waals surface area contributed by atoms with Crippen molar-refractivity contribution in [3.05, 3.63) is 255 Å². The van der Waals surface area contributed by atoms with Gasteiger partial charge in [-0.05, 0) is 105 Å². The number of hydrogen-bond donors (Lipinski definition) is 0. The molecule has 0 aliphatic carbocycles. The fraction of sp³-hybridized carbons (Fsp3) is 0. The van der Waals surface area contributed by atoms with Gasteiger partial charge in [-0.3, -0.25) is 0 Å². The van der Waals surface area contributed by atoms with E-state index >= 15 is 0 Å². The zero-order valence-electron chi connectivity index (χ0n) is 34.1. The molecule has 2 nitrogen and oxygen atoms in total. The predicted octanol–water partition coefficient (Wildman–Crippen LogP) is 16.6. The van der Waals surface area contributed by atoms with Crippen LogP contribution >= 0.6 is 0 Å². The van der Waals surface area contributed by atoms with Gasteiger partial charge in [0.2, 0.25) is 0 Å². The summed E-state index contributed by atoms with van der Waals surface area (Å²) in [6, 6.07) is 91.9. The Morgan fingerprint density at radius 2 is 0.645 bits per heavy atom. The lowest BCUT2D eigenvalue weighted by Crippen LogP contribution is -2.10. The van der Waals surface area contributed by atoms with Crippen LogP contribution in [0.2, 0.25) is 0 Å². The minimum Gasteiger partial charge on any atom is -0.310 e. The van der Waals surface area contributed by atoms with Gasteiger partial charge in [-0.1, -0.05) is 200 Å². The molecule has 0 N–H and O–H groups in total. The van der Waals surface area contributed by atoms with Crippen molar-refractivity contribution in [3.8, 4) is 61.3 Å². The van der Waals surface area contributed by atoms with Crippen molar-refractivity contribution in [1.29, 1.82) is 0 Å². The highest BCUT2D eigenvalue weighted by molar-refractivity contribution is 6.09. The molecule has 292 valence electrons. The summed E-state index contributed by atoms with van der Waals surface area (Å²) in [6.07, 6.45) is 0. The highest BCUT2D eigenvalue weighted by atomic mass is 15.1. The average Bonchev–Trinajstić information content (AvgIpc) is 3.69. The van der Waals surface area contributed by atoms with E-state index in [-0.39, 0.29) is 0 Å². The van der Waals surface area contributed by atoms with Crippen molar-refractivity contribution in [1.82, 2.24) is 4.57 Å². The molecule has 0 aliphatic rings. The lowest BCUT2D eigenvalue weighted by molar-refractivity contribution is 1.18. The minimum absolute atomic E-state index is 1.09. The Labute approximate surface area is 362 Å². The van der Waals surface area contributed by atoms with Crippen LogP contribution in [0, 0.1) is 0 Å². The highest BCUT2D eigenvalue weighted by Crippen LogP contribution is 2.41. The quantitative estimate of drug-likeness (QED) is 0.141. The van der Waals surface area contributed by atoms with Crippen molar-refractivity contribution >= 4 is 38.9 Å². The van der Waals surface area contributed by atoms with Crippen LogP contribution in [0.4, 0.5) is 17.1 Å². The first-order chi connectivity index (χ1) is 30.8. The molecule has 0 fully saturated rings. The molecule has 0 spiro atoms. The van der Waals surface area contributed by atoms with Gasteiger partial charge >= 0.3 is 0 Å². The summed E-state index contributed by atoms with van der Waals surface area (Å²) in [5.41, 5.74) is 18.7. The third-order valence-electron chi connectivity index (χ3n) is 12.0. The topological polar surface area (TPSA) is 8.17 Å². The molecular weight excluding hydrogens is 749 g/mol. The highest BCUT2D eigenvalue weighted by Gasteiger charge is 2.18. The van der Waals surface area contributed by atoms with Gasteiger partial charge in [-0.2, -0.15) is 0 Å². The molecule has 0 radical (unpaired) electrons. The molecule has 0 amide bonds. The molecule has 11 aromatic rings. The lowest BCUT2D eigenvalue weighted by atomic mass is 9.94. The summed E-state index contributed by atoms with van der Waals surface area (Å²) in [7, 11) is 0. The largest absolute Gasteiger partial charge is 0.310 e. The summed E-state index contributed by atoms with van der Waals surface area (Å²) in [4.78, 5) is 2.37. The van der Waals surface area contributed by atoms with Gasteiger partial charge in [0.15, 0.2) is 0 Å². The van der Waals surface area contributed by atoms with E-state index in [9.17, 15) is 0 Å². The fourth-order valence-electron chi connectivity index (χ4n) is 9.06. The first kappa shape index (κ1) is 36.8. The maximum atomic E-state index is 2.41. The molecule has 10 aromatic carbocycles. The van der Waals surface area contributed by atoms with Crippen LogP contribution < -0.4 is 4.90 Å². The molecule has 0 saturated heterocycles. The van der Waals surface area contributed by atoms with Gasteiger partial charge in [0, 0.05) is 33.4 Å². The summed E-state index contributed by atoms with van der Waals surface area (Å²) < 4.78 is 2.41. The maximum Gasteiger partial charge on any atom is 0.0541 e. The average molecular weight is 791 g/mol. The number of anilines is 3. The maximum absolute atomic E-state index is 2.41. The molecule has 0 bridgehead atoms. The first-order valence-corrected chi connectivity index (χ1v) is 21.3. The first-order valence-electron chi connectivity index (χ1n) is 21.3. The normalized spacial score (nSPS) is 11.2. The zero-order chi connectivity index (χ0) is 41.2. The minimum atomic E-state index is 1.09. The van der Waals surface area contributed by atoms with Crippen LogP contribution in [0.25, 0.3) is 83.1 Å². The van der Waals surface area contributed by atoms with Crippen molar-refractivity contribution < 1.29 is 0 Å². The van der Waals surface area contributed by atoms with Gasteiger partial charge in [0.25, 0.3) is 0 Å². The molecular formula is C60H42N2. The zero-order valence-corrected chi connectivity index (χ0v) is 34.1. The van der Waals surface area contributed by atoms with Gasteiger partial charge in [-0.15, -0.1) is 0 Å². The van der Waals surface area contributed by atoms with Crippen LogP contribution in [0.5, 0.6) is 0 Å². The number of hydrogen-bond acceptors (Lipinski definition) is 1. The van der Waals surface area contributed by atoms with Crippen LogP contribution in [-0.2, 0) is 0 Å². The molecule has 0 saturated carbocycles. The Hall–Kier alpha value is -8.20. The second-order valence-electron chi connectivity index (χ2n) is 15.7. The van der Waals surface area contributed by atoms with Gasteiger partial charge in [-0.25, -0.2) is 0 Å². The molecule has 1 aromatic heterocycles. The van der Waals surface area contributed by atoms with E-state index in [0.717, 1.165) is 17.1 Å². The molecule has 0 unspecified atom stereocenters. The second kappa shape index (κ2) is 16.1. The Balaban J connectivity index is 0.960. The number of benzene rings is 10. The summed E-state index contributed by atoms with van der Waals surface area (Å²) in [5, 5.41) is 2.53. The fourth-order valence-corrected chi connectivity index (χ4v) is 9.06. The smallest absolute Gasteiger partial charge is 0.0541 e. The van der Waals surface area contributed by atoms with E-state index < -0.39 is 0 Å². The molecule has 11 rings (SSSR count). The van der Waals surface area contributed by atoms with Gasteiger partial charge in [0.1, 0.15) is 0 Å². The van der Waals surface area contributed by atoms with E-state index in [1.807, 2.05) is 0 Å². The van der Waals surface area contributed by atoms with Crippen LogP contribution in [-0.4, -0.2) is 4.57 Å².